The van der Waals surface area contributed by atoms with Crippen LogP contribution >= 0.6 is 0 Å². The van der Waals surface area contributed by atoms with E-state index in [2.05, 4.69) is 19.1 Å². The highest BCUT2D eigenvalue weighted by Gasteiger charge is 2.08. The summed E-state index contributed by atoms with van der Waals surface area (Å²) in [4.78, 5) is 10.0. The van der Waals surface area contributed by atoms with Gasteiger partial charge in [-0.1, -0.05) is 25.5 Å². The van der Waals surface area contributed by atoms with Crippen molar-refractivity contribution >= 4 is 6.47 Å². The van der Waals surface area contributed by atoms with Crippen LogP contribution in [0.4, 0.5) is 0 Å². The van der Waals surface area contributed by atoms with Crippen LogP contribution in [0, 0.1) is 0 Å². The summed E-state index contributed by atoms with van der Waals surface area (Å²) in [5.74, 6) is 0. The summed E-state index contributed by atoms with van der Waals surface area (Å²) >= 11 is 0. The first-order chi connectivity index (χ1) is 8.20. The van der Waals surface area contributed by atoms with E-state index in [1.807, 2.05) is 6.92 Å². The van der Waals surface area contributed by atoms with Crippen molar-refractivity contribution in [3.63, 3.8) is 0 Å². The molecule has 0 saturated carbocycles. The number of hydrogen-bond donors (Lipinski definition) is 1. The summed E-state index contributed by atoms with van der Waals surface area (Å²) in [5.41, 5.74) is 5.40. The summed E-state index contributed by atoms with van der Waals surface area (Å²) in [6.07, 6.45) is 12.2. The number of allylic oxidation sites excluding steroid dienone is 2. The number of nitrogens with two attached hydrogens (primary N) is 1. The van der Waals surface area contributed by atoms with Gasteiger partial charge in [0.25, 0.3) is 6.47 Å². The molecule has 0 heterocycles. The largest absolute Gasteiger partial charge is 0.465 e. The smallest absolute Gasteiger partial charge is 0.293 e. The van der Waals surface area contributed by atoms with Gasteiger partial charge in [-0.25, -0.2) is 0 Å². The van der Waals surface area contributed by atoms with Crippen LogP contribution in [0.15, 0.2) is 12.2 Å². The molecule has 0 aromatic rings. The Hall–Kier alpha value is -0.830. The van der Waals surface area contributed by atoms with E-state index in [0.29, 0.717) is 12.5 Å². The van der Waals surface area contributed by atoms with Crippen LogP contribution in [0.5, 0.6) is 0 Å². The van der Waals surface area contributed by atoms with E-state index in [1.165, 1.54) is 6.42 Å². The molecule has 1 rings (SSSR count). The highest BCUT2D eigenvalue weighted by molar-refractivity contribution is 5.37. The van der Waals surface area contributed by atoms with Gasteiger partial charge in [-0.15, -0.1) is 0 Å². The summed E-state index contributed by atoms with van der Waals surface area (Å²) in [5, 5.41) is 0. The van der Waals surface area contributed by atoms with Gasteiger partial charge in [0, 0.05) is 6.04 Å². The molecule has 0 saturated heterocycles. The van der Waals surface area contributed by atoms with E-state index >= 15 is 0 Å². The van der Waals surface area contributed by atoms with Gasteiger partial charge < -0.3 is 10.5 Å². The van der Waals surface area contributed by atoms with Crippen LogP contribution in [0.25, 0.3) is 0 Å². The van der Waals surface area contributed by atoms with E-state index in [4.69, 9.17) is 10.5 Å². The standard InChI is InChI=1S/C9H14O2.C5H13N/c10-8-11-9-6-4-2-1-3-5-7-9;1-3-4-5(2)6/h1-2,8-9H,3-7H2;5H,3-4,6H2,1-2H3/b2-1+;. The second-order valence-corrected chi connectivity index (χ2v) is 4.60. The average Bonchev–Trinajstić information content (AvgIpc) is 2.22. The van der Waals surface area contributed by atoms with Gasteiger partial charge in [-0.2, -0.15) is 0 Å². The van der Waals surface area contributed by atoms with E-state index < -0.39 is 0 Å². The maximum absolute atomic E-state index is 10.0. The summed E-state index contributed by atoms with van der Waals surface area (Å²) in [6, 6.07) is 0.398. The third-order valence-electron chi connectivity index (χ3n) is 2.71. The predicted octanol–water partition coefficient (Wildman–Crippen LogP) is 3.18. The van der Waals surface area contributed by atoms with Gasteiger partial charge in [-0.05, 0) is 45.4 Å². The van der Waals surface area contributed by atoms with E-state index in [9.17, 15) is 4.79 Å². The Morgan fingerprint density at radius 3 is 2.65 bits per heavy atom. The minimum atomic E-state index is 0.164. The molecule has 0 radical (unpaired) electrons. The van der Waals surface area contributed by atoms with Gasteiger partial charge >= 0.3 is 0 Å². The Morgan fingerprint density at radius 1 is 1.41 bits per heavy atom. The molecule has 1 aliphatic carbocycles. The van der Waals surface area contributed by atoms with Gasteiger partial charge in [0.15, 0.2) is 0 Å². The second-order valence-electron chi connectivity index (χ2n) is 4.60. The first kappa shape index (κ1) is 16.2. The van der Waals surface area contributed by atoms with Crippen molar-refractivity contribution < 1.29 is 9.53 Å². The van der Waals surface area contributed by atoms with Crippen LogP contribution in [-0.4, -0.2) is 18.6 Å². The fourth-order valence-electron chi connectivity index (χ4n) is 1.80. The lowest BCUT2D eigenvalue weighted by atomic mass is 10.0. The van der Waals surface area contributed by atoms with Crippen LogP contribution in [0.1, 0.15) is 58.8 Å². The lowest BCUT2D eigenvalue weighted by Crippen LogP contribution is -2.13. The molecule has 0 aromatic heterocycles. The van der Waals surface area contributed by atoms with E-state index in [0.717, 1.165) is 38.5 Å². The van der Waals surface area contributed by atoms with Crippen molar-refractivity contribution in [2.45, 2.75) is 70.9 Å². The second kappa shape index (κ2) is 11.6. The van der Waals surface area contributed by atoms with Crippen LogP contribution in [-0.2, 0) is 9.53 Å². The molecule has 0 amide bonds. The SMILES string of the molecule is CCCC(C)N.O=COC1CC/C=C/CCC1. The van der Waals surface area contributed by atoms with Gasteiger partial charge in [0.05, 0.1) is 0 Å². The minimum Gasteiger partial charge on any atom is -0.465 e. The predicted molar refractivity (Wildman–Crippen MR) is 71.7 cm³/mol. The maximum Gasteiger partial charge on any atom is 0.293 e. The highest BCUT2D eigenvalue weighted by atomic mass is 16.5. The lowest BCUT2D eigenvalue weighted by Gasteiger charge is -2.14. The van der Waals surface area contributed by atoms with E-state index in [-0.39, 0.29) is 6.10 Å². The third kappa shape index (κ3) is 11.4. The molecular formula is C14H27NO2. The number of ether oxygens (including phenoxy) is 1. The monoisotopic (exact) mass is 241 g/mol. The van der Waals surface area contributed by atoms with Gasteiger partial charge in [0.1, 0.15) is 6.10 Å². The van der Waals surface area contributed by atoms with Gasteiger partial charge in [0.2, 0.25) is 0 Å². The topological polar surface area (TPSA) is 52.3 Å². The molecule has 3 heteroatoms. The zero-order chi connectivity index (χ0) is 12.9. The molecule has 0 spiro atoms. The number of rotatable bonds is 4. The molecule has 2 unspecified atom stereocenters. The molecule has 1 aliphatic rings. The third-order valence-corrected chi connectivity index (χ3v) is 2.71. The molecule has 0 aliphatic heterocycles. The van der Waals surface area contributed by atoms with Crippen molar-refractivity contribution in [3.8, 4) is 0 Å². The van der Waals surface area contributed by atoms with Crippen molar-refractivity contribution in [3.05, 3.63) is 12.2 Å². The number of carbonyl (C=O) groups excluding carboxylic acids is 1. The zero-order valence-electron chi connectivity index (χ0n) is 11.2. The fourth-order valence-corrected chi connectivity index (χ4v) is 1.80. The normalized spacial score (nSPS) is 23.4. The van der Waals surface area contributed by atoms with Crippen molar-refractivity contribution in [2.75, 3.05) is 0 Å². The van der Waals surface area contributed by atoms with Crippen LogP contribution in [0.2, 0.25) is 0 Å². The van der Waals surface area contributed by atoms with Gasteiger partial charge in [-0.3, -0.25) is 4.79 Å². The Labute approximate surface area is 105 Å². The summed E-state index contributed by atoms with van der Waals surface area (Å²) in [7, 11) is 0. The van der Waals surface area contributed by atoms with E-state index in [1.54, 1.807) is 0 Å². The van der Waals surface area contributed by atoms with Crippen LogP contribution in [0.3, 0.4) is 0 Å². The minimum absolute atomic E-state index is 0.164. The van der Waals surface area contributed by atoms with Crippen LogP contribution < -0.4 is 5.73 Å². The molecular weight excluding hydrogens is 214 g/mol. The first-order valence-corrected chi connectivity index (χ1v) is 6.70. The molecule has 17 heavy (non-hydrogen) atoms. The summed E-state index contributed by atoms with van der Waals surface area (Å²) in [6.45, 7) is 4.74. The Balaban J connectivity index is 0.000000366. The molecule has 0 bridgehead atoms. The molecule has 3 nitrogen and oxygen atoms in total. The van der Waals surface area contributed by atoms with Crippen molar-refractivity contribution in [1.82, 2.24) is 0 Å². The Bertz CT molecular complexity index is 202. The number of hydrogen-bond acceptors (Lipinski definition) is 3. The first-order valence-electron chi connectivity index (χ1n) is 6.70. The maximum atomic E-state index is 10.0. The molecule has 100 valence electrons. The average molecular weight is 241 g/mol. The molecule has 0 aromatic carbocycles. The zero-order valence-corrected chi connectivity index (χ0v) is 11.2. The highest BCUT2D eigenvalue weighted by Crippen LogP contribution is 2.14. The van der Waals surface area contributed by atoms with Crippen molar-refractivity contribution in [2.24, 2.45) is 5.73 Å². The summed E-state index contributed by atoms with van der Waals surface area (Å²) < 4.78 is 4.90. The fraction of sp³-hybridized carbons (Fsp3) is 0.786. The molecule has 2 N–H and O–H groups in total. The number of carbonyl (C=O) groups is 1. The lowest BCUT2D eigenvalue weighted by molar-refractivity contribution is -0.134. The Kier molecular flexibility index (Phi) is 11.1. The Morgan fingerprint density at radius 2 is 2.12 bits per heavy atom. The molecule has 2 atom stereocenters. The molecule has 0 fully saturated rings. The quantitative estimate of drug-likeness (QED) is 0.607. The van der Waals surface area contributed by atoms with Crippen molar-refractivity contribution in [1.29, 1.82) is 0 Å².